The SMILES string of the molecule is Cc1cc(N)cnc1Oc1c(C)cccc1[N+](=O)[O-]. The summed E-state index contributed by atoms with van der Waals surface area (Å²) in [5.74, 6) is 0.513. The molecule has 1 aromatic heterocycles. The van der Waals surface area contributed by atoms with E-state index >= 15 is 0 Å². The number of ether oxygens (including phenoxy) is 1. The molecular formula is C13H13N3O3. The second-order valence-corrected chi connectivity index (χ2v) is 4.17. The van der Waals surface area contributed by atoms with Crippen LogP contribution in [-0.4, -0.2) is 9.91 Å². The molecule has 2 rings (SSSR count). The molecule has 2 N–H and O–H groups in total. The topological polar surface area (TPSA) is 91.3 Å². The van der Waals surface area contributed by atoms with Crippen LogP contribution in [0.4, 0.5) is 11.4 Å². The summed E-state index contributed by atoms with van der Waals surface area (Å²) in [6.45, 7) is 3.53. The van der Waals surface area contributed by atoms with E-state index in [4.69, 9.17) is 10.5 Å². The molecule has 0 saturated carbocycles. The molecule has 1 heterocycles. The van der Waals surface area contributed by atoms with E-state index in [-0.39, 0.29) is 11.4 Å². The maximum Gasteiger partial charge on any atom is 0.311 e. The minimum absolute atomic E-state index is 0.0852. The average molecular weight is 259 g/mol. The Kier molecular flexibility index (Phi) is 3.33. The fraction of sp³-hybridized carbons (Fsp3) is 0.154. The van der Waals surface area contributed by atoms with Crippen molar-refractivity contribution in [3.63, 3.8) is 0 Å². The van der Waals surface area contributed by atoms with Gasteiger partial charge in [0.2, 0.25) is 11.6 Å². The van der Waals surface area contributed by atoms with Crippen LogP contribution in [0.2, 0.25) is 0 Å². The van der Waals surface area contributed by atoms with Gasteiger partial charge in [0.1, 0.15) is 0 Å². The van der Waals surface area contributed by atoms with E-state index in [1.54, 1.807) is 32.0 Å². The zero-order valence-corrected chi connectivity index (χ0v) is 10.6. The van der Waals surface area contributed by atoms with Gasteiger partial charge >= 0.3 is 5.69 Å². The number of nitro benzene ring substituents is 1. The predicted molar refractivity (Wildman–Crippen MR) is 71.3 cm³/mol. The lowest BCUT2D eigenvalue weighted by molar-refractivity contribution is -0.385. The Bertz CT molecular complexity index is 641. The van der Waals surface area contributed by atoms with Gasteiger partial charge in [0.05, 0.1) is 16.8 Å². The first kappa shape index (κ1) is 12.8. The molecule has 0 amide bonds. The highest BCUT2D eigenvalue weighted by Gasteiger charge is 2.18. The maximum absolute atomic E-state index is 11.0. The Morgan fingerprint density at radius 2 is 2.05 bits per heavy atom. The van der Waals surface area contributed by atoms with Gasteiger partial charge in [-0.05, 0) is 25.5 Å². The summed E-state index contributed by atoms with van der Waals surface area (Å²) < 4.78 is 5.58. The van der Waals surface area contributed by atoms with Crippen molar-refractivity contribution in [3.05, 3.63) is 51.7 Å². The molecule has 0 spiro atoms. The fourth-order valence-electron chi connectivity index (χ4n) is 1.70. The lowest BCUT2D eigenvalue weighted by atomic mass is 10.2. The van der Waals surface area contributed by atoms with Crippen LogP contribution < -0.4 is 10.5 Å². The molecule has 6 heteroatoms. The molecule has 6 nitrogen and oxygen atoms in total. The normalized spacial score (nSPS) is 10.2. The van der Waals surface area contributed by atoms with Crippen molar-refractivity contribution in [2.24, 2.45) is 0 Å². The second kappa shape index (κ2) is 4.93. The van der Waals surface area contributed by atoms with Gasteiger partial charge in [-0.1, -0.05) is 12.1 Å². The zero-order chi connectivity index (χ0) is 14.0. The number of pyridine rings is 1. The van der Waals surface area contributed by atoms with E-state index in [0.717, 1.165) is 5.56 Å². The minimum Gasteiger partial charge on any atom is -0.431 e. The Hall–Kier alpha value is -2.63. The number of hydrogen-bond acceptors (Lipinski definition) is 5. The smallest absolute Gasteiger partial charge is 0.311 e. The van der Waals surface area contributed by atoms with Gasteiger partial charge in [0.25, 0.3) is 0 Å². The third-order valence-corrected chi connectivity index (χ3v) is 2.64. The maximum atomic E-state index is 11.0. The highest BCUT2D eigenvalue weighted by Crippen LogP contribution is 2.34. The van der Waals surface area contributed by atoms with Gasteiger partial charge in [-0.3, -0.25) is 10.1 Å². The Morgan fingerprint density at radius 1 is 1.32 bits per heavy atom. The molecule has 1 aromatic carbocycles. The first-order valence-electron chi connectivity index (χ1n) is 5.63. The van der Waals surface area contributed by atoms with Crippen molar-refractivity contribution >= 4 is 11.4 Å². The molecule has 0 bridgehead atoms. The quantitative estimate of drug-likeness (QED) is 0.675. The molecule has 0 aliphatic heterocycles. The summed E-state index contributed by atoms with van der Waals surface area (Å²) in [6.07, 6.45) is 1.45. The van der Waals surface area contributed by atoms with Crippen molar-refractivity contribution < 1.29 is 9.66 Å². The Morgan fingerprint density at radius 3 is 2.68 bits per heavy atom. The zero-order valence-electron chi connectivity index (χ0n) is 10.6. The highest BCUT2D eigenvalue weighted by molar-refractivity contribution is 5.53. The lowest BCUT2D eigenvalue weighted by Gasteiger charge is -2.10. The molecule has 19 heavy (non-hydrogen) atoms. The number of nitrogens with zero attached hydrogens (tertiary/aromatic N) is 2. The molecule has 0 radical (unpaired) electrons. The fourth-order valence-corrected chi connectivity index (χ4v) is 1.70. The molecule has 98 valence electrons. The first-order valence-corrected chi connectivity index (χ1v) is 5.63. The molecule has 0 fully saturated rings. The largest absolute Gasteiger partial charge is 0.431 e. The predicted octanol–water partition coefficient (Wildman–Crippen LogP) is 2.98. The Balaban J connectivity index is 2.46. The van der Waals surface area contributed by atoms with Gasteiger partial charge in [0, 0.05) is 11.6 Å². The summed E-state index contributed by atoms with van der Waals surface area (Å²) in [6, 6.07) is 6.46. The van der Waals surface area contributed by atoms with Crippen LogP contribution in [0.3, 0.4) is 0 Å². The summed E-state index contributed by atoms with van der Waals surface area (Å²) in [5.41, 5.74) is 7.43. The number of para-hydroxylation sites is 1. The number of anilines is 1. The monoisotopic (exact) mass is 259 g/mol. The molecule has 0 aliphatic carbocycles. The average Bonchev–Trinajstić information content (AvgIpc) is 2.34. The van der Waals surface area contributed by atoms with E-state index in [2.05, 4.69) is 4.98 Å². The summed E-state index contributed by atoms with van der Waals surface area (Å²) in [7, 11) is 0. The summed E-state index contributed by atoms with van der Waals surface area (Å²) in [4.78, 5) is 14.6. The molecule has 0 unspecified atom stereocenters. The molecule has 0 atom stereocenters. The van der Waals surface area contributed by atoms with Crippen molar-refractivity contribution in [3.8, 4) is 11.6 Å². The van der Waals surface area contributed by atoms with E-state index in [0.29, 0.717) is 17.1 Å². The van der Waals surface area contributed by atoms with Gasteiger partial charge in [0.15, 0.2) is 0 Å². The molecule has 0 aliphatic rings. The molecular weight excluding hydrogens is 246 g/mol. The number of nitrogen functional groups attached to an aromatic ring is 1. The minimum atomic E-state index is -0.477. The van der Waals surface area contributed by atoms with Crippen molar-refractivity contribution in [2.75, 3.05) is 5.73 Å². The second-order valence-electron chi connectivity index (χ2n) is 4.17. The first-order chi connectivity index (χ1) is 8.99. The molecule has 2 aromatic rings. The van der Waals surface area contributed by atoms with Crippen molar-refractivity contribution in [1.82, 2.24) is 4.98 Å². The number of nitrogens with two attached hydrogens (primary N) is 1. The Labute approximate surface area is 110 Å². The standard InChI is InChI=1S/C13H13N3O3/c1-8-4-3-5-11(16(17)18)12(8)19-13-9(2)6-10(14)7-15-13/h3-7H,14H2,1-2H3. The van der Waals surface area contributed by atoms with E-state index < -0.39 is 4.92 Å². The van der Waals surface area contributed by atoms with Crippen LogP contribution in [0, 0.1) is 24.0 Å². The van der Waals surface area contributed by atoms with Crippen molar-refractivity contribution in [1.29, 1.82) is 0 Å². The number of rotatable bonds is 3. The van der Waals surface area contributed by atoms with Crippen LogP contribution >= 0.6 is 0 Å². The van der Waals surface area contributed by atoms with Gasteiger partial charge in [-0.2, -0.15) is 0 Å². The van der Waals surface area contributed by atoms with Gasteiger partial charge in [-0.15, -0.1) is 0 Å². The summed E-state index contributed by atoms with van der Waals surface area (Å²) in [5, 5.41) is 11.0. The van der Waals surface area contributed by atoms with Crippen LogP contribution in [0.25, 0.3) is 0 Å². The molecule has 0 saturated heterocycles. The van der Waals surface area contributed by atoms with Gasteiger partial charge < -0.3 is 10.5 Å². The third kappa shape index (κ3) is 2.62. The van der Waals surface area contributed by atoms with E-state index in [1.807, 2.05) is 0 Å². The number of hydrogen-bond donors (Lipinski definition) is 1. The van der Waals surface area contributed by atoms with Crippen LogP contribution in [-0.2, 0) is 0 Å². The number of aromatic nitrogens is 1. The number of aryl methyl sites for hydroxylation is 2. The van der Waals surface area contributed by atoms with Crippen molar-refractivity contribution in [2.45, 2.75) is 13.8 Å². The number of nitro groups is 1. The van der Waals surface area contributed by atoms with Crippen LogP contribution in [0.15, 0.2) is 30.5 Å². The lowest BCUT2D eigenvalue weighted by Crippen LogP contribution is -1.99. The van der Waals surface area contributed by atoms with Crippen LogP contribution in [0.5, 0.6) is 11.6 Å². The van der Waals surface area contributed by atoms with E-state index in [1.165, 1.54) is 12.3 Å². The third-order valence-electron chi connectivity index (χ3n) is 2.64. The van der Waals surface area contributed by atoms with Crippen LogP contribution in [0.1, 0.15) is 11.1 Å². The van der Waals surface area contributed by atoms with Gasteiger partial charge in [-0.25, -0.2) is 4.98 Å². The highest BCUT2D eigenvalue weighted by atomic mass is 16.6. The van der Waals surface area contributed by atoms with E-state index in [9.17, 15) is 10.1 Å². The summed E-state index contributed by atoms with van der Waals surface area (Å²) >= 11 is 0. The number of benzene rings is 1.